The van der Waals surface area contributed by atoms with E-state index in [9.17, 15) is 8.78 Å². The number of methoxy groups -OCH3 is 2. The zero-order valence-electron chi connectivity index (χ0n) is 8.26. The molecule has 0 radical (unpaired) electrons. The molecular weight excluding hydrogens is 272 g/mol. The maximum atomic E-state index is 12.6. The lowest BCUT2D eigenvalue weighted by Gasteiger charge is -2.13. The van der Waals surface area contributed by atoms with Crippen LogP contribution in [0.15, 0.2) is 6.20 Å². The van der Waals surface area contributed by atoms with Gasteiger partial charge in [-0.2, -0.15) is 0 Å². The van der Waals surface area contributed by atoms with E-state index in [4.69, 9.17) is 9.47 Å². The van der Waals surface area contributed by atoms with Crippen molar-refractivity contribution < 1.29 is 18.3 Å². The van der Waals surface area contributed by atoms with Gasteiger partial charge < -0.3 is 9.47 Å². The second-order valence-corrected chi connectivity index (χ2v) is 3.23. The third-order valence-corrected chi connectivity index (χ3v) is 2.46. The van der Waals surface area contributed by atoms with Crippen LogP contribution in [0, 0.1) is 0 Å². The van der Waals surface area contributed by atoms with Gasteiger partial charge in [0, 0.05) is 22.7 Å². The van der Waals surface area contributed by atoms with Gasteiger partial charge in [0.1, 0.15) is 0 Å². The Morgan fingerprint density at radius 1 is 1.40 bits per heavy atom. The zero-order chi connectivity index (χ0) is 11.4. The molecule has 0 saturated heterocycles. The molecule has 1 aromatic rings. The highest BCUT2D eigenvalue weighted by Crippen LogP contribution is 2.36. The molecule has 0 N–H and O–H groups in total. The summed E-state index contributed by atoms with van der Waals surface area (Å²) in [7, 11) is 2.80. The number of pyridine rings is 1. The number of rotatable bonds is 4. The Kier molecular flexibility index (Phi) is 4.26. The largest absolute Gasteiger partial charge is 0.491 e. The second kappa shape index (κ2) is 5.25. The van der Waals surface area contributed by atoms with E-state index in [1.165, 1.54) is 14.2 Å². The van der Waals surface area contributed by atoms with Crippen molar-refractivity contribution in [3.63, 3.8) is 0 Å². The molecule has 0 aromatic carbocycles. The molecule has 0 bridgehead atoms. The Bertz CT molecular complexity index is 347. The summed E-state index contributed by atoms with van der Waals surface area (Å²) in [4.78, 5) is 3.75. The number of hydrogen-bond acceptors (Lipinski definition) is 3. The Morgan fingerprint density at radius 3 is 2.47 bits per heavy atom. The smallest absolute Gasteiger partial charge is 0.265 e. The molecule has 0 amide bonds. The molecule has 0 fully saturated rings. The normalized spacial score (nSPS) is 10.5. The van der Waals surface area contributed by atoms with Crippen LogP contribution in [-0.4, -0.2) is 19.2 Å². The fourth-order valence-electron chi connectivity index (χ4n) is 1.21. The predicted octanol–water partition coefficient (Wildman–Crippen LogP) is 2.93. The molecular formula is C9H10BrF2NO2. The summed E-state index contributed by atoms with van der Waals surface area (Å²) in [5.74, 6) is 0.448. The number of hydrogen-bond donors (Lipinski definition) is 0. The van der Waals surface area contributed by atoms with E-state index in [1.54, 1.807) is 0 Å². The molecule has 15 heavy (non-hydrogen) atoms. The summed E-state index contributed by atoms with van der Waals surface area (Å²) < 4.78 is 35.1. The highest BCUT2D eigenvalue weighted by atomic mass is 79.9. The SMILES string of the molecule is COc1ncc(C(F)F)c(CBr)c1OC. The topological polar surface area (TPSA) is 31.4 Å². The van der Waals surface area contributed by atoms with Crippen LogP contribution < -0.4 is 9.47 Å². The minimum atomic E-state index is -2.58. The van der Waals surface area contributed by atoms with Crippen LogP contribution in [0.3, 0.4) is 0 Å². The first-order valence-electron chi connectivity index (χ1n) is 4.09. The molecule has 1 heterocycles. The van der Waals surface area contributed by atoms with Crippen molar-refractivity contribution in [1.29, 1.82) is 0 Å². The minimum absolute atomic E-state index is 0.149. The van der Waals surface area contributed by atoms with E-state index in [2.05, 4.69) is 20.9 Å². The first kappa shape index (κ1) is 12.2. The van der Waals surface area contributed by atoms with Crippen LogP contribution in [0.5, 0.6) is 11.6 Å². The fourth-order valence-corrected chi connectivity index (χ4v) is 1.79. The van der Waals surface area contributed by atoms with Crippen molar-refractivity contribution >= 4 is 15.9 Å². The molecule has 3 nitrogen and oxygen atoms in total. The van der Waals surface area contributed by atoms with Gasteiger partial charge in [-0.3, -0.25) is 0 Å². The van der Waals surface area contributed by atoms with E-state index >= 15 is 0 Å². The van der Waals surface area contributed by atoms with Gasteiger partial charge in [0.05, 0.1) is 14.2 Å². The average Bonchev–Trinajstić information content (AvgIpc) is 2.26. The van der Waals surface area contributed by atoms with Crippen molar-refractivity contribution in [2.45, 2.75) is 11.8 Å². The van der Waals surface area contributed by atoms with E-state index in [0.29, 0.717) is 5.56 Å². The van der Waals surface area contributed by atoms with Crippen molar-refractivity contribution in [3.05, 3.63) is 17.3 Å². The summed E-state index contributed by atoms with van der Waals surface area (Å²) in [5, 5.41) is 0.259. The van der Waals surface area contributed by atoms with Crippen molar-refractivity contribution in [2.24, 2.45) is 0 Å². The Labute approximate surface area is 94.5 Å². The molecule has 6 heteroatoms. The van der Waals surface area contributed by atoms with Crippen molar-refractivity contribution in [2.75, 3.05) is 14.2 Å². The molecule has 0 aliphatic rings. The third kappa shape index (κ3) is 2.37. The van der Waals surface area contributed by atoms with Crippen LogP contribution >= 0.6 is 15.9 Å². The summed E-state index contributed by atoms with van der Waals surface area (Å²) in [6.45, 7) is 0. The van der Waals surface area contributed by atoms with Gasteiger partial charge in [0.25, 0.3) is 12.3 Å². The van der Waals surface area contributed by atoms with Crippen LogP contribution in [-0.2, 0) is 5.33 Å². The fraction of sp³-hybridized carbons (Fsp3) is 0.444. The Hall–Kier alpha value is -0.910. The van der Waals surface area contributed by atoms with Crippen molar-refractivity contribution in [1.82, 2.24) is 4.98 Å². The monoisotopic (exact) mass is 281 g/mol. The third-order valence-electron chi connectivity index (χ3n) is 1.90. The van der Waals surface area contributed by atoms with E-state index in [1.807, 2.05) is 0 Å². The van der Waals surface area contributed by atoms with Gasteiger partial charge in [0.15, 0.2) is 5.75 Å². The first-order chi connectivity index (χ1) is 7.15. The molecule has 1 aromatic heterocycles. The van der Waals surface area contributed by atoms with E-state index < -0.39 is 6.43 Å². The van der Waals surface area contributed by atoms with Gasteiger partial charge in [-0.25, -0.2) is 13.8 Å². The highest BCUT2D eigenvalue weighted by Gasteiger charge is 2.20. The summed E-state index contributed by atoms with van der Waals surface area (Å²) in [6, 6.07) is 0. The van der Waals surface area contributed by atoms with Crippen LogP contribution in [0.25, 0.3) is 0 Å². The van der Waals surface area contributed by atoms with Crippen LogP contribution in [0.4, 0.5) is 8.78 Å². The number of aromatic nitrogens is 1. The molecule has 0 aliphatic heterocycles. The quantitative estimate of drug-likeness (QED) is 0.796. The van der Waals surface area contributed by atoms with Crippen LogP contribution in [0.1, 0.15) is 17.6 Å². The summed E-state index contributed by atoms with van der Waals surface area (Å²) in [5.41, 5.74) is 0.212. The number of nitrogens with zero attached hydrogens (tertiary/aromatic N) is 1. The molecule has 84 valence electrons. The van der Waals surface area contributed by atoms with Gasteiger partial charge >= 0.3 is 0 Å². The van der Waals surface area contributed by atoms with E-state index in [-0.39, 0.29) is 22.5 Å². The molecule has 0 unspecified atom stereocenters. The summed E-state index contributed by atoms with van der Waals surface area (Å²) in [6.07, 6.45) is -1.48. The molecule has 1 rings (SSSR count). The lowest BCUT2D eigenvalue weighted by Crippen LogP contribution is -2.02. The van der Waals surface area contributed by atoms with Crippen molar-refractivity contribution in [3.8, 4) is 11.6 Å². The van der Waals surface area contributed by atoms with Gasteiger partial charge in [-0.05, 0) is 0 Å². The second-order valence-electron chi connectivity index (χ2n) is 2.67. The minimum Gasteiger partial charge on any atom is -0.491 e. The molecule has 0 aliphatic carbocycles. The highest BCUT2D eigenvalue weighted by molar-refractivity contribution is 9.08. The zero-order valence-corrected chi connectivity index (χ0v) is 9.85. The molecule has 0 saturated carbocycles. The lowest BCUT2D eigenvalue weighted by atomic mass is 10.1. The Balaban J connectivity index is 3.34. The standard InChI is InChI=1S/C9H10BrF2NO2/c1-14-7-5(3-10)6(8(11)12)4-13-9(7)15-2/h4,8H,3H2,1-2H3. The first-order valence-corrected chi connectivity index (χ1v) is 5.21. The van der Waals surface area contributed by atoms with Gasteiger partial charge in [-0.15, -0.1) is 0 Å². The maximum Gasteiger partial charge on any atom is 0.265 e. The van der Waals surface area contributed by atoms with Crippen LogP contribution in [0.2, 0.25) is 0 Å². The number of halogens is 3. The molecule has 0 atom stereocenters. The van der Waals surface area contributed by atoms with Gasteiger partial charge in [-0.1, -0.05) is 15.9 Å². The predicted molar refractivity (Wildman–Crippen MR) is 54.9 cm³/mol. The molecule has 0 spiro atoms. The Morgan fingerprint density at radius 2 is 2.07 bits per heavy atom. The number of ether oxygens (including phenoxy) is 2. The number of alkyl halides is 3. The van der Waals surface area contributed by atoms with Gasteiger partial charge in [0.2, 0.25) is 0 Å². The lowest BCUT2D eigenvalue weighted by molar-refractivity contribution is 0.149. The average molecular weight is 282 g/mol. The maximum absolute atomic E-state index is 12.6. The van der Waals surface area contributed by atoms with E-state index in [0.717, 1.165) is 6.20 Å². The summed E-state index contributed by atoms with van der Waals surface area (Å²) >= 11 is 3.13.